The predicted octanol–water partition coefficient (Wildman–Crippen LogP) is 4.96. The van der Waals surface area contributed by atoms with Crippen molar-refractivity contribution in [3.63, 3.8) is 0 Å². The number of rotatable bonds is 3. The summed E-state index contributed by atoms with van der Waals surface area (Å²) in [6.45, 7) is 1.99. The standard InChI is InChI=1S/C19H15ClN2O/c1-13-5-7-14(8-6-13)19(23)22-15-9-10-17(20)16(12-15)18-4-2-3-11-21-18/h2-12H,1H3,(H,22,23). The molecule has 1 heterocycles. The van der Waals surface area contributed by atoms with Crippen molar-refractivity contribution in [2.75, 3.05) is 5.32 Å². The number of carbonyl (C=O) groups is 1. The van der Waals surface area contributed by atoms with Gasteiger partial charge in [0.15, 0.2) is 0 Å². The lowest BCUT2D eigenvalue weighted by atomic mass is 10.1. The number of nitrogens with one attached hydrogen (secondary N) is 1. The first-order valence-corrected chi connectivity index (χ1v) is 7.60. The van der Waals surface area contributed by atoms with Crippen LogP contribution in [0.4, 0.5) is 5.69 Å². The van der Waals surface area contributed by atoms with Crippen LogP contribution in [0.3, 0.4) is 0 Å². The minimum absolute atomic E-state index is 0.153. The van der Waals surface area contributed by atoms with E-state index in [0.717, 1.165) is 16.8 Å². The third kappa shape index (κ3) is 3.58. The van der Waals surface area contributed by atoms with E-state index < -0.39 is 0 Å². The van der Waals surface area contributed by atoms with Crippen LogP contribution in [0.15, 0.2) is 66.9 Å². The molecule has 0 bridgehead atoms. The van der Waals surface area contributed by atoms with Crippen LogP contribution in [0.5, 0.6) is 0 Å². The molecule has 0 radical (unpaired) electrons. The predicted molar refractivity (Wildman–Crippen MR) is 93.8 cm³/mol. The average Bonchev–Trinajstić information content (AvgIpc) is 2.58. The van der Waals surface area contributed by atoms with Crippen molar-refractivity contribution >= 4 is 23.2 Å². The summed E-state index contributed by atoms with van der Waals surface area (Å²) >= 11 is 6.25. The first kappa shape index (κ1) is 15.3. The molecule has 1 N–H and O–H groups in total. The van der Waals surface area contributed by atoms with Crippen molar-refractivity contribution in [1.29, 1.82) is 0 Å². The summed E-state index contributed by atoms with van der Waals surface area (Å²) in [5.41, 5.74) is 3.97. The number of hydrogen-bond acceptors (Lipinski definition) is 2. The third-order valence-corrected chi connectivity index (χ3v) is 3.81. The number of anilines is 1. The summed E-state index contributed by atoms with van der Waals surface area (Å²) in [7, 11) is 0. The fourth-order valence-electron chi connectivity index (χ4n) is 2.23. The summed E-state index contributed by atoms with van der Waals surface area (Å²) in [5, 5.41) is 3.48. The zero-order valence-electron chi connectivity index (χ0n) is 12.6. The molecule has 3 nitrogen and oxygen atoms in total. The molecule has 23 heavy (non-hydrogen) atoms. The van der Waals surface area contributed by atoms with Gasteiger partial charge in [-0.1, -0.05) is 35.4 Å². The van der Waals surface area contributed by atoms with Crippen molar-refractivity contribution in [3.05, 3.63) is 83.0 Å². The highest BCUT2D eigenvalue weighted by molar-refractivity contribution is 6.33. The van der Waals surface area contributed by atoms with Gasteiger partial charge in [0.1, 0.15) is 0 Å². The molecule has 0 aliphatic heterocycles. The quantitative estimate of drug-likeness (QED) is 0.740. The Labute approximate surface area is 140 Å². The molecule has 3 aromatic rings. The van der Waals surface area contributed by atoms with Crippen LogP contribution in [0, 0.1) is 6.92 Å². The highest BCUT2D eigenvalue weighted by Crippen LogP contribution is 2.29. The number of aromatic nitrogens is 1. The molecule has 0 atom stereocenters. The number of pyridine rings is 1. The van der Waals surface area contributed by atoms with Crippen molar-refractivity contribution in [3.8, 4) is 11.3 Å². The lowest BCUT2D eigenvalue weighted by Gasteiger charge is -2.09. The first-order chi connectivity index (χ1) is 11.1. The Balaban J connectivity index is 1.86. The van der Waals surface area contributed by atoms with E-state index >= 15 is 0 Å². The van der Waals surface area contributed by atoms with E-state index in [2.05, 4.69) is 10.3 Å². The van der Waals surface area contributed by atoms with Crippen molar-refractivity contribution in [2.45, 2.75) is 6.92 Å². The Hall–Kier alpha value is -2.65. The second-order valence-electron chi connectivity index (χ2n) is 5.23. The van der Waals surface area contributed by atoms with Gasteiger partial charge in [0.05, 0.1) is 10.7 Å². The molecule has 2 aromatic carbocycles. The smallest absolute Gasteiger partial charge is 0.255 e. The highest BCUT2D eigenvalue weighted by atomic mass is 35.5. The van der Waals surface area contributed by atoms with Crippen LogP contribution in [0.2, 0.25) is 5.02 Å². The molecule has 0 fully saturated rings. The molecular weight excluding hydrogens is 308 g/mol. The van der Waals surface area contributed by atoms with Gasteiger partial charge in [-0.2, -0.15) is 0 Å². The fraction of sp³-hybridized carbons (Fsp3) is 0.0526. The number of nitrogens with zero attached hydrogens (tertiary/aromatic N) is 1. The molecule has 3 rings (SSSR count). The van der Waals surface area contributed by atoms with Gasteiger partial charge in [0.25, 0.3) is 5.91 Å². The van der Waals surface area contributed by atoms with Gasteiger partial charge >= 0.3 is 0 Å². The number of aryl methyl sites for hydroxylation is 1. The van der Waals surface area contributed by atoms with E-state index in [4.69, 9.17) is 11.6 Å². The Morgan fingerprint density at radius 1 is 1.04 bits per heavy atom. The average molecular weight is 323 g/mol. The maximum absolute atomic E-state index is 12.3. The van der Waals surface area contributed by atoms with Crippen molar-refractivity contribution in [2.24, 2.45) is 0 Å². The Morgan fingerprint density at radius 3 is 2.52 bits per heavy atom. The highest BCUT2D eigenvalue weighted by Gasteiger charge is 2.09. The van der Waals surface area contributed by atoms with E-state index in [1.54, 1.807) is 30.5 Å². The molecule has 1 aromatic heterocycles. The first-order valence-electron chi connectivity index (χ1n) is 7.22. The summed E-state index contributed by atoms with van der Waals surface area (Å²) < 4.78 is 0. The van der Waals surface area contributed by atoms with Crippen LogP contribution in [-0.2, 0) is 0 Å². The molecule has 0 saturated heterocycles. The normalized spacial score (nSPS) is 10.3. The SMILES string of the molecule is Cc1ccc(C(=O)Nc2ccc(Cl)c(-c3ccccn3)c2)cc1. The lowest BCUT2D eigenvalue weighted by Crippen LogP contribution is -2.11. The van der Waals surface area contributed by atoms with E-state index in [1.807, 2.05) is 43.3 Å². The third-order valence-electron chi connectivity index (χ3n) is 3.48. The molecule has 1 amide bonds. The van der Waals surface area contributed by atoms with Gasteiger partial charge in [0.2, 0.25) is 0 Å². The Kier molecular flexibility index (Phi) is 4.40. The number of benzene rings is 2. The summed E-state index contributed by atoms with van der Waals surface area (Å²) in [6, 6.07) is 18.4. The Morgan fingerprint density at radius 2 is 1.83 bits per heavy atom. The minimum Gasteiger partial charge on any atom is -0.322 e. The number of amides is 1. The van der Waals surface area contributed by atoms with Crippen LogP contribution < -0.4 is 5.32 Å². The molecule has 4 heteroatoms. The Bertz CT molecular complexity index is 830. The van der Waals surface area contributed by atoms with Gasteiger partial charge in [-0.25, -0.2) is 0 Å². The van der Waals surface area contributed by atoms with Gasteiger partial charge in [0, 0.05) is 23.0 Å². The largest absolute Gasteiger partial charge is 0.322 e. The molecule has 0 spiro atoms. The lowest BCUT2D eigenvalue weighted by molar-refractivity contribution is 0.102. The minimum atomic E-state index is -0.153. The zero-order valence-corrected chi connectivity index (χ0v) is 13.3. The van der Waals surface area contributed by atoms with Crippen molar-refractivity contribution in [1.82, 2.24) is 4.98 Å². The summed E-state index contributed by atoms with van der Waals surface area (Å²) in [4.78, 5) is 16.6. The van der Waals surface area contributed by atoms with Crippen LogP contribution in [-0.4, -0.2) is 10.9 Å². The molecule has 0 aliphatic rings. The second kappa shape index (κ2) is 6.63. The second-order valence-corrected chi connectivity index (χ2v) is 5.64. The zero-order chi connectivity index (χ0) is 16.2. The van der Waals surface area contributed by atoms with Crippen LogP contribution in [0.1, 0.15) is 15.9 Å². The molecule has 114 valence electrons. The molecule has 0 aliphatic carbocycles. The van der Waals surface area contributed by atoms with Gasteiger partial charge in [-0.05, 0) is 49.4 Å². The molecule has 0 saturated carbocycles. The molecule has 0 unspecified atom stereocenters. The number of halogens is 1. The maximum atomic E-state index is 12.3. The monoisotopic (exact) mass is 322 g/mol. The van der Waals surface area contributed by atoms with E-state index in [1.165, 1.54) is 0 Å². The van der Waals surface area contributed by atoms with E-state index in [9.17, 15) is 4.79 Å². The summed E-state index contributed by atoms with van der Waals surface area (Å²) in [5.74, 6) is -0.153. The molecular formula is C19H15ClN2O. The van der Waals surface area contributed by atoms with Gasteiger partial charge in [-0.15, -0.1) is 0 Å². The van der Waals surface area contributed by atoms with E-state index in [0.29, 0.717) is 16.3 Å². The summed E-state index contributed by atoms with van der Waals surface area (Å²) in [6.07, 6.45) is 1.71. The fourth-order valence-corrected chi connectivity index (χ4v) is 2.44. The number of hydrogen-bond donors (Lipinski definition) is 1. The van der Waals surface area contributed by atoms with Gasteiger partial charge < -0.3 is 5.32 Å². The maximum Gasteiger partial charge on any atom is 0.255 e. The number of carbonyl (C=O) groups excluding carboxylic acids is 1. The van der Waals surface area contributed by atoms with E-state index in [-0.39, 0.29) is 5.91 Å². The van der Waals surface area contributed by atoms with Crippen LogP contribution in [0.25, 0.3) is 11.3 Å². The van der Waals surface area contributed by atoms with Crippen LogP contribution >= 0.6 is 11.6 Å². The topological polar surface area (TPSA) is 42.0 Å². The van der Waals surface area contributed by atoms with Gasteiger partial charge in [-0.3, -0.25) is 9.78 Å². The van der Waals surface area contributed by atoms with Crippen molar-refractivity contribution < 1.29 is 4.79 Å².